The van der Waals surface area contributed by atoms with Crippen LogP contribution < -0.4 is 5.01 Å². The van der Waals surface area contributed by atoms with Gasteiger partial charge >= 0.3 is 0 Å². The first-order valence-electron chi connectivity index (χ1n) is 7.08. The van der Waals surface area contributed by atoms with Crippen LogP contribution in [0.1, 0.15) is 5.56 Å². The minimum Gasteiger partial charge on any atom is -0.394 e. The van der Waals surface area contributed by atoms with Crippen LogP contribution in [-0.4, -0.2) is 40.3 Å². The zero-order valence-corrected chi connectivity index (χ0v) is 12.2. The van der Waals surface area contributed by atoms with Gasteiger partial charge in [0.25, 0.3) is 0 Å². The average molecular weight is 300 g/mol. The molecular formula is C17H20N2O3. The van der Waals surface area contributed by atoms with Crippen molar-refractivity contribution in [2.75, 3.05) is 11.6 Å². The predicted molar refractivity (Wildman–Crippen MR) is 86.7 cm³/mol. The van der Waals surface area contributed by atoms with Gasteiger partial charge in [-0.15, -0.1) is 0 Å². The Labute approximate surface area is 129 Å². The number of rotatable bonds is 7. The molecule has 3 N–H and O–H groups in total. The number of hydrogen-bond acceptors (Lipinski definition) is 5. The molecule has 5 nitrogen and oxygen atoms in total. The molecule has 22 heavy (non-hydrogen) atoms. The molecule has 0 saturated heterocycles. The van der Waals surface area contributed by atoms with Crippen molar-refractivity contribution in [1.82, 2.24) is 0 Å². The van der Waals surface area contributed by atoms with Crippen LogP contribution in [0.15, 0.2) is 65.8 Å². The normalized spacial score (nSPS) is 14.0. The molecule has 2 aromatic carbocycles. The largest absolute Gasteiger partial charge is 0.394 e. The quantitative estimate of drug-likeness (QED) is 0.533. The van der Waals surface area contributed by atoms with E-state index in [1.165, 1.54) is 6.21 Å². The summed E-state index contributed by atoms with van der Waals surface area (Å²) in [5.41, 5.74) is 1.94. The predicted octanol–water partition coefficient (Wildman–Crippen LogP) is 1.39. The first-order valence-corrected chi connectivity index (χ1v) is 7.08. The molecule has 0 bridgehead atoms. The third kappa shape index (κ3) is 4.66. The Bertz CT molecular complexity index is 575. The topological polar surface area (TPSA) is 76.3 Å². The Hall–Kier alpha value is -2.21. The Morgan fingerprint density at radius 2 is 1.55 bits per heavy atom. The highest BCUT2D eigenvalue weighted by Crippen LogP contribution is 2.17. The lowest BCUT2D eigenvalue weighted by molar-refractivity contribution is 0.0203. The van der Waals surface area contributed by atoms with Gasteiger partial charge in [0.05, 0.1) is 25.1 Å². The highest BCUT2D eigenvalue weighted by molar-refractivity contribution is 5.65. The second-order valence-corrected chi connectivity index (χ2v) is 4.88. The summed E-state index contributed by atoms with van der Waals surface area (Å²) in [6.07, 6.45) is -1.22. The maximum Gasteiger partial charge on any atom is 0.119 e. The molecular weight excluding hydrogens is 280 g/mol. The highest BCUT2D eigenvalue weighted by atomic mass is 16.4. The van der Waals surface area contributed by atoms with Crippen molar-refractivity contribution in [3.8, 4) is 0 Å². The van der Waals surface area contributed by atoms with Crippen molar-refractivity contribution < 1.29 is 15.3 Å². The van der Waals surface area contributed by atoms with E-state index in [-0.39, 0.29) is 0 Å². The Morgan fingerprint density at radius 1 is 0.955 bits per heavy atom. The number of hydrazone groups is 1. The third-order valence-electron chi connectivity index (χ3n) is 3.17. The van der Waals surface area contributed by atoms with Gasteiger partial charge in [-0.3, -0.25) is 5.01 Å². The van der Waals surface area contributed by atoms with Gasteiger partial charge in [0.1, 0.15) is 12.2 Å². The molecule has 0 heterocycles. The van der Waals surface area contributed by atoms with Gasteiger partial charge in [0.2, 0.25) is 0 Å². The first-order chi connectivity index (χ1) is 10.7. The maximum atomic E-state index is 9.69. The molecule has 0 aromatic heterocycles. The Balaban J connectivity index is 2.17. The van der Waals surface area contributed by atoms with E-state index in [9.17, 15) is 10.2 Å². The number of anilines is 1. The van der Waals surface area contributed by atoms with Gasteiger partial charge in [-0.25, -0.2) is 0 Å². The second kappa shape index (κ2) is 8.29. The molecule has 0 aliphatic rings. The number of para-hydroxylation sites is 1. The van der Waals surface area contributed by atoms with Crippen LogP contribution in [0.5, 0.6) is 0 Å². The molecule has 0 aliphatic heterocycles. The van der Waals surface area contributed by atoms with Gasteiger partial charge in [-0.1, -0.05) is 48.5 Å². The molecule has 2 aromatic rings. The molecule has 0 spiro atoms. The van der Waals surface area contributed by atoms with Crippen molar-refractivity contribution in [2.24, 2.45) is 5.10 Å². The third-order valence-corrected chi connectivity index (χ3v) is 3.17. The molecule has 116 valence electrons. The molecule has 0 aliphatic carbocycles. The number of benzene rings is 2. The highest BCUT2D eigenvalue weighted by Gasteiger charge is 2.13. The summed E-state index contributed by atoms with van der Waals surface area (Å²) in [7, 11) is 0. The van der Waals surface area contributed by atoms with E-state index in [1.807, 2.05) is 60.7 Å². The van der Waals surface area contributed by atoms with Crippen LogP contribution in [-0.2, 0) is 6.54 Å². The summed E-state index contributed by atoms with van der Waals surface area (Å²) < 4.78 is 0. The molecule has 5 heteroatoms. The lowest BCUT2D eigenvalue weighted by atomic mass is 10.2. The minimum atomic E-state index is -1.24. The van der Waals surface area contributed by atoms with Gasteiger partial charge in [0, 0.05) is 0 Å². The second-order valence-electron chi connectivity index (χ2n) is 4.88. The van der Waals surface area contributed by atoms with Gasteiger partial charge in [0.15, 0.2) is 0 Å². The molecule has 2 atom stereocenters. The molecule has 0 unspecified atom stereocenters. The first kappa shape index (κ1) is 16.2. The molecule has 2 rings (SSSR count). The summed E-state index contributed by atoms with van der Waals surface area (Å²) >= 11 is 0. The van der Waals surface area contributed by atoms with Crippen molar-refractivity contribution in [3.05, 3.63) is 66.2 Å². The number of aliphatic hydroxyl groups excluding tert-OH is 3. The van der Waals surface area contributed by atoms with E-state index in [0.717, 1.165) is 11.3 Å². The number of aliphatic hydroxyl groups is 3. The lowest BCUT2D eigenvalue weighted by Gasteiger charge is -2.20. The maximum absolute atomic E-state index is 9.69. The van der Waals surface area contributed by atoms with E-state index in [1.54, 1.807) is 5.01 Å². The van der Waals surface area contributed by atoms with Crippen molar-refractivity contribution in [1.29, 1.82) is 0 Å². The van der Waals surface area contributed by atoms with Crippen molar-refractivity contribution >= 4 is 11.9 Å². The summed E-state index contributed by atoms with van der Waals surface area (Å²) in [5, 5.41) is 33.9. The number of hydrogen-bond donors (Lipinski definition) is 3. The van der Waals surface area contributed by atoms with Crippen LogP contribution in [0.25, 0.3) is 0 Å². The molecule has 0 amide bonds. The van der Waals surface area contributed by atoms with E-state index in [0.29, 0.717) is 6.54 Å². The van der Waals surface area contributed by atoms with Crippen LogP contribution >= 0.6 is 0 Å². The Kier molecular flexibility index (Phi) is 6.09. The smallest absolute Gasteiger partial charge is 0.119 e. The van der Waals surface area contributed by atoms with E-state index < -0.39 is 18.8 Å². The van der Waals surface area contributed by atoms with Crippen LogP contribution in [0.4, 0.5) is 5.69 Å². The van der Waals surface area contributed by atoms with Crippen molar-refractivity contribution in [2.45, 2.75) is 18.8 Å². The monoisotopic (exact) mass is 300 g/mol. The van der Waals surface area contributed by atoms with E-state index in [4.69, 9.17) is 5.11 Å². The van der Waals surface area contributed by atoms with Crippen LogP contribution in [0.2, 0.25) is 0 Å². The van der Waals surface area contributed by atoms with E-state index in [2.05, 4.69) is 5.10 Å². The van der Waals surface area contributed by atoms with Gasteiger partial charge in [-0.2, -0.15) is 5.10 Å². The van der Waals surface area contributed by atoms with Crippen LogP contribution in [0, 0.1) is 0 Å². The SMILES string of the molecule is OC[C@@H](O)[C@@H](O)/C=N\N(Cc1ccccc1)c1ccccc1. The fourth-order valence-corrected chi connectivity index (χ4v) is 1.91. The minimum absolute atomic E-state index is 0.517. The molecule has 0 radical (unpaired) electrons. The number of nitrogens with zero attached hydrogens (tertiary/aromatic N) is 2. The van der Waals surface area contributed by atoms with Gasteiger partial charge in [-0.05, 0) is 17.7 Å². The zero-order valence-electron chi connectivity index (χ0n) is 12.2. The summed E-state index contributed by atoms with van der Waals surface area (Å²) in [6, 6.07) is 19.4. The van der Waals surface area contributed by atoms with Gasteiger partial charge < -0.3 is 15.3 Å². The lowest BCUT2D eigenvalue weighted by Crippen LogP contribution is -2.31. The summed E-state index contributed by atoms with van der Waals surface area (Å²) in [6.45, 7) is 0.0144. The fourth-order valence-electron chi connectivity index (χ4n) is 1.91. The molecule has 0 fully saturated rings. The standard InChI is InChI=1S/C17H20N2O3/c20-13-17(22)16(21)11-18-19(15-9-5-2-6-10-15)12-14-7-3-1-4-8-14/h1-11,16-17,20-22H,12-13H2/b18-11-/t16-,17+/m0/s1. The molecule has 0 saturated carbocycles. The Morgan fingerprint density at radius 3 is 2.14 bits per heavy atom. The summed E-state index contributed by atoms with van der Waals surface area (Å²) in [4.78, 5) is 0. The summed E-state index contributed by atoms with van der Waals surface area (Å²) in [5.74, 6) is 0. The fraction of sp³-hybridized carbons (Fsp3) is 0.235. The van der Waals surface area contributed by atoms with E-state index >= 15 is 0 Å². The zero-order chi connectivity index (χ0) is 15.8. The van der Waals surface area contributed by atoms with Crippen molar-refractivity contribution in [3.63, 3.8) is 0 Å². The average Bonchev–Trinajstić information content (AvgIpc) is 2.59. The van der Waals surface area contributed by atoms with Crippen LogP contribution in [0.3, 0.4) is 0 Å².